The van der Waals surface area contributed by atoms with E-state index in [0.29, 0.717) is 13.0 Å². The molecule has 1 aromatic rings. The summed E-state index contributed by atoms with van der Waals surface area (Å²) in [5, 5.41) is 9.23. The molecule has 2 aliphatic rings. The minimum Gasteiger partial charge on any atom is -0.480 e. The number of rotatable bonds is 2. The maximum absolute atomic E-state index is 12.5. The molecule has 0 spiro atoms. The van der Waals surface area contributed by atoms with Crippen molar-refractivity contribution in [3.63, 3.8) is 0 Å². The van der Waals surface area contributed by atoms with Gasteiger partial charge in [-0.05, 0) is 50.2 Å². The second-order valence-corrected chi connectivity index (χ2v) is 6.40. The lowest BCUT2D eigenvalue weighted by molar-refractivity contribution is -0.143. The first-order valence-electron chi connectivity index (χ1n) is 6.82. The molecule has 1 fully saturated rings. The van der Waals surface area contributed by atoms with E-state index in [9.17, 15) is 14.7 Å². The first-order chi connectivity index (χ1) is 9.16. The predicted molar refractivity (Wildman–Crippen MR) is 72.7 cm³/mol. The van der Waals surface area contributed by atoms with Crippen LogP contribution in [0.1, 0.15) is 45.8 Å². The maximum atomic E-state index is 12.5. The van der Waals surface area contributed by atoms with Crippen molar-refractivity contribution >= 4 is 23.2 Å². The molecule has 19 heavy (non-hydrogen) atoms. The van der Waals surface area contributed by atoms with Crippen LogP contribution in [0.3, 0.4) is 0 Å². The molecule has 0 radical (unpaired) electrons. The van der Waals surface area contributed by atoms with Crippen molar-refractivity contribution in [3.05, 3.63) is 21.4 Å². The third-order valence-electron chi connectivity index (χ3n) is 4.01. The first-order valence-corrected chi connectivity index (χ1v) is 7.64. The van der Waals surface area contributed by atoms with Gasteiger partial charge < -0.3 is 10.0 Å². The summed E-state index contributed by atoms with van der Waals surface area (Å²) in [6, 6.07) is 1.33. The molecule has 1 N–H and O–H groups in total. The summed E-state index contributed by atoms with van der Waals surface area (Å²) in [6.45, 7) is 0.568. The normalized spacial score (nSPS) is 22.3. The number of likely N-dealkylation sites (tertiary alicyclic amines) is 1. The minimum atomic E-state index is -0.878. The van der Waals surface area contributed by atoms with Gasteiger partial charge in [0.15, 0.2) is 0 Å². The molecule has 102 valence electrons. The number of aliphatic carboxylic acids is 1. The number of nitrogens with zero attached hydrogens (tertiary/aromatic N) is 1. The van der Waals surface area contributed by atoms with E-state index in [1.165, 1.54) is 16.9 Å². The van der Waals surface area contributed by atoms with Gasteiger partial charge in [-0.25, -0.2) is 4.79 Å². The van der Waals surface area contributed by atoms with Crippen LogP contribution in [-0.2, 0) is 17.6 Å². The van der Waals surface area contributed by atoms with Gasteiger partial charge in [0.05, 0.1) is 4.88 Å². The standard InChI is InChI=1S/C14H17NO3S/c16-13(12-8-9-4-3-6-11(9)19-12)15-7-2-1-5-10(15)14(17)18/h8,10H,1-7H2,(H,17,18). The molecule has 1 aliphatic heterocycles. The predicted octanol–water partition coefficient (Wildman–Crippen LogP) is 2.32. The van der Waals surface area contributed by atoms with E-state index in [2.05, 4.69) is 0 Å². The van der Waals surface area contributed by atoms with E-state index in [0.717, 1.165) is 30.6 Å². The van der Waals surface area contributed by atoms with Crippen LogP contribution in [0, 0.1) is 0 Å². The number of piperidine rings is 1. The van der Waals surface area contributed by atoms with Crippen molar-refractivity contribution < 1.29 is 14.7 Å². The average molecular weight is 279 g/mol. The lowest BCUT2D eigenvalue weighted by atomic mass is 10.0. The van der Waals surface area contributed by atoms with Gasteiger partial charge in [-0.1, -0.05) is 0 Å². The number of aryl methyl sites for hydroxylation is 2. The number of hydrogen-bond donors (Lipinski definition) is 1. The molecule has 4 nitrogen and oxygen atoms in total. The van der Waals surface area contributed by atoms with Crippen molar-refractivity contribution in [2.75, 3.05) is 6.54 Å². The van der Waals surface area contributed by atoms with Gasteiger partial charge in [-0.3, -0.25) is 4.79 Å². The molecule has 5 heteroatoms. The van der Waals surface area contributed by atoms with E-state index >= 15 is 0 Å². The van der Waals surface area contributed by atoms with Gasteiger partial charge in [-0.2, -0.15) is 0 Å². The Kier molecular flexibility index (Phi) is 3.31. The number of amides is 1. The lowest BCUT2D eigenvalue weighted by Gasteiger charge is -2.32. The number of carbonyl (C=O) groups is 2. The molecule has 1 aliphatic carbocycles. The van der Waals surface area contributed by atoms with Crippen LogP contribution in [0.5, 0.6) is 0 Å². The number of carboxylic acids is 1. The summed E-state index contributed by atoms with van der Waals surface area (Å²) < 4.78 is 0. The Bertz CT molecular complexity index is 501. The van der Waals surface area contributed by atoms with Crippen molar-refractivity contribution in [1.29, 1.82) is 0 Å². The number of carbonyl (C=O) groups excluding carboxylic acids is 1. The second-order valence-electron chi connectivity index (χ2n) is 5.26. The van der Waals surface area contributed by atoms with Gasteiger partial charge >= 0.3 is 5.97 Å². The monoisotopic (exact) mass is 279 g/mol. The lowest BCUT2D eigenvalue weighted by Crippen LogP contribution is -2.47. The van der Waals surface area contributed by atoms with Crippen LogP contribution in [0.2, 0.25) is 0 Å². The van der Waals surface area contributed by atoms with Gasteiger partial charge in [0.25, 0.3) is 5.91 Å². The van der Waals surface area contributed by atoms with Gasteiger partial charge in [-0.15, -0.1) is 11.3 Å². The molecular weight excluding hydrogens is 262 g/mol. The minimum absolute atomic E-state index is 0.0912. The molecular formula is C14H17NO3S. The fourth-order valence-electron chi connectivity index (χ4n) is 3.01. The van der Waals surface area contributed by atoms with Crippen LogP contribution < -0.4 is 0 Å². The van der Waals surface area contributed by atoms with Gasteiger partial charge in [0, 0.05) is 11.4 Å². The molecule has 3 rings (SSSR count). The molecule has 1 unspecified atom stereocenters. The molecule has 0 saturated carbocycles. The number of carboxylic acid groups (broad SMARTS) is 1. The topological polar surface area (TPSA) is 57.6 Å². The molecule has 1 saturated heterocycles. The van der Waals surface area contributed by atoms with Gasteiger partial charge in [0.1, 0.15) is 6.04 Å². The largest absolute Gasteiger partial charge is 0.480 e. The molecule has 1 amide bonds. The van der Waals surface area contributed by atoms with E-state index in [4.69, 9.17) is 0 Å². The summed E-state index contributed by atoms with van der Waals surface area (Å²) in [7, 11) is 0. The van der Waals surface area contributed by atoms with E-state index < -0.39 is 12.0 Å². The molecule has 0 aromatic carbocycles. The fraction of sp³-hybridized carbons (Fsp3) is 0.571. The number of hydrogen-bond acceptors (Lipinski definition) is 3. The quantitative estimate of drug-likeness (QED) is 0.904. The maximum Gasteiger partial charge on any atom is 0.326 e. The van der Waals surface area contributed by atoms with Crippen molar-refractivity contribution in [3.8, 4) is 0 Å². The molecule has 0 bridgehead atoms. The zero-order valence-electron chi connectivity index (χ0n) is 10.7. The molecule has 1 aromatic heterocycles. The fourth-order valence-corrected chi connectivity index (χ4v) is 4.22. The van der Waals surface area contributed by atoms with E-state index in [1.807, 2.05) is 6.07 Å². The number of thiophene rings is 1. The summed E-state index contributed by atoms with van der Waals surface area (Å²) in [5.74, 6) is -0.969. The Hall–Kier alpha value is -1.36. The summed E-state index contributed by atoms with van der Waals surface area (Å²) in [4.78, 5) is 27.3. The highest BCUT2D eigenvalue weighted by Crippen LogP contribution is 2.32. The van der Waals surface area contributed by atoms with Crippen molar-refractivity contribution in [1.82, 2.24) is 4.90 Å². The van der Waals surface area contributed by atoms with Crippen LogP contribution in [0.25, 0.3) is 0 Å². The zero-order valence-corrected chi connectivity index (χ0v) is 11.5. The van der Waals surface area contributed by atoms with Gasteiger partial charge in [0.2, 0.25) is 0 Å². The third-order valence-corrected chi connectivity index (χ3v) is 5.23. The zero-order chi connectivity index (χ0) is 13.4. The second kappa shape index (κ2) is 4.96. The SMILES string of the molecule is O=C(O)C1CCCCN1C(=O)c1cc2c(s1)CCC2. The summed E-state index contributed by atoms with van der Waals surface area (Å²) >= 11 is 1.55. The highest BCUT2D eigenvalue weighted by Gasteiger charge is 2.33. The Morgan fingerprint density at radius 3 is 2.84 bits per heavy atom. The summed E-state index contributed by atoms with van der Waals surface area (Å²) in [6.07, 6.45) is 5.67. The Balaban J connectivity index is 1.83. The Morgan fingerprint density at radius 1 is 1.26 bits per heavy atom. The van der Waals surface area contributed by atoms with Crippen molar-refractivity contribution in [2.24, 2.45) is 0 Å². The van der Waals surface area contributed by atoms with E-state index in [1.54, 1.807) is 16.2 Å². The summed E-state index contributed by atoms with van der Waals surface area (Å²) in [5.41, 5.74) is 1.29. The first kappa shape index (κ1) is 12.7. The highest BCUT2D eigenvalue weighted by molar-refractivity contribution is 7.14. The third kappa shape index (κ3) is 2.27. The van der Waals surface area contributed by atoms with Crippen LogP contribution in [0.15, 0.2) is 6.07 Å². The molecule has 1 atom stereocenters. The highest BCUT2D eigenvalue weighted by atomic mass is 32.1. The number of fused-ring (bicyclic) bond motifs is 1. The van der Waals surface area contributed by atoms with E-state index in [-0.39, 0.29) is 5.91 Å². The van der Waals surface area contributed by atoms with Crippen LogP contribution >= 0.6 is 11.3 Å². The smallest absolute Gasteiger partial charge is 0.326 e. The Morgan fingerprint density at radius 2 is 2.11 bits per heavy atom. The van der Waals surface area contributed by atoms with Crippen LogP contribution in [-0.4, -0.2) is 34.5 Å². The average Bonchev–Trinajstić information content (AvgIpc) is 2.98. The molecule has 2 heterocycles. The van der Waals surface area contributed by atoms with Crippen molar-refractivity contribution in [2.45, 2.75) is 44.6 Å². The Labute approximate surface area is 116 Å². The van der Waals surface area contributed by atoms with Crippen LogP contribution in [0.4, 0.5) is 0 Å².